The number of hydrogen-bond donors (Lipinski definition) is 0. The minimum atomic E-state index is 0. The van der Waals surface area contributed by atoms with Crippen LogP contribution in [0.4, 0.5) is 0 Å². The molecule has 2 aliphatic heterocycles. The standard InChI is InChI=1S/C64H80N8O8.Zn/c1-9-17-25-73-49-33-41-42(34-50(49)74-26-18-10-2)58-65-57(41)69-59-43-35-51(75-27-19-11-3)52(76-28-20-12-4)36-44(43)61(66-59)71-63-47-39-55(79-31-23-15-7)56(80-32-24-16-8)40-48(47)64(68-63)72-62-46-38-54(78-30-22-14-6)53(77-29-21-13-5)37-45(46)60(67-62)70-58;/h33-40H,9-32H2,1-8H3;/q-2;+2. The molecule has 0 atom stereocenters. The molecular weight excluding hydrogens is 1070 g/mol. The quantitative estimate of drug-likeness (QED) is 0.0287. The third kappa shape index (κ3) is 14.3. The van der Waals surface area contributed by atoms with Crippen LogP contribution < -0.4 is 47.9 Å². The molecular formula is C64H80N8O8Zn. The zero-order valence-electron chi connectivity index (χ0n) is 49.1. The fraction of sp³-hybridized carbons (Fsp3) is 0.500. The van der Waals surface area contributed by atoms with Gasteiger partial charge in [0.25, 0.3) is 0 Å². The summed E-state index contributed by atoms with van der Waals surface area (Å²) in [6.07, 6.45) is 14.8. The van der Waals surface area contributed by atoms with Gasteiger partial charge in [-0.2, -0.15) is 0 Å². The maximum atomic E-state index is 6.51. The van der Waals surface area contributed by atoms with Crippen molar-refractivity contribution in [3.8, 4) is 91.5 Å². The molecule has 0 radical (unpaired) electrons. The molecule has 16 nitrogen and oxygen atoms in total. The number of unbranched alkanes of at least 4 members (excludes halogenated alkanes) is 8. The maximum Gasteiger partial charge on any atom is 2.00 e. The number of ether oxygens (including phenoxy) is 8. The number of hydrogen-bond acceptors (Lipinski definition) is 14. The summed E-state index contributed by atoms with van der Waals surface area (Å²) in [4.78, 5) is 42.6. The molecule has 0 saturated carbocycles. The molecule has 2 aliphatic rings. The third-order valence-corrected chi connectivity index (χ3v) is 14.0. The summed E-state index contributed by atoms with van der Waals surface area (Å²) in [6, 6.07) is 15.8. The summed E-state index contributed by atoms with van der Waals surface area (Å²) < 4.78 is 52.1. The van der Waals surface area contributed by atoms with E-state index in [0.29, 0.717) is 189 Å². The van der Waals surface area contributed by atoms with E-state index in [-0.39, 0.29) is 19.5 Å². The first-order valence-corrected chi connectivity index (χ1v) is 29.8. The second kappa shape index (κ2) is 29.8. The monoisotopic (exact) mass is 1150 g/mol. The van der Waals surface area contributed by atoms with Crippen molar-refractivity contribution in [2.24, 2.45) is 0 Å². The van der Waals surface area contributed by atoms with E-state index in [4.69, 9.17) is 77.8 Å². The molecule has 0 amide bonds. The van der Waals surface area contributed by atoms with E-state index >= 15 is 0 Å². The predicted molar refractivity (Wildman–Crippen MR) is 317 cm³/mol. The van der Waals surface area contributed by atoms with Crippen LogP contribution in [0.1, 0.15) is 158 Å². The topological polar surface area (TPSA) is 179 Å². The zero-order valence-corrected chi connectivity index (χ0v) is 52.1. The van der Waals surface area contributed by atoms with E-state index in [0.717, 1.165) is 103 Å². The van der Waals surface area contributed by atoms with E-state index in [1.54, 1.807) is 0 Å². The van der Waals surface area contributed by atoms with E-state index in [2.05, 4.69) is 55.4 Å². The van der Waals surface area contributed by atoms with Crippen molar-refractivity contribution in [3.63, 3.8) is 0 Å². The average Bonchev–Trinajstić information content (AvgIpc) is 4.28. The van der Waals surface area contributed by atoms with Crippen LogP contribution in [-0.2, 0) is 19.5 Å². The minimum Gasteiger partial charge on any atom is -0.490 e. The summed E-state index contributed by atoms with van der Waals surface area (Å²) in [7, 11) is 0. The van der Waals surface area contributed by atoms with Crippen molar-refractivity contribution in [1.29, 1.82) is 0 Å². The molecule has 0 aliphatic carbocycles. The molecule has 7 aromatic rings. The zero-order chi connectivity index (χ0) is 55.8. The summed E-state index contributed by atoms with van der Waals surface area (Å²) in [5, 5.41) is 2.81. The van der Waals surface area contributed by atoms with Gasteiger partial charge in [-0.1, -0.05) is 107 Å². The van der Waals surface area contributed by atoms with Gasteiger partial charge in [0.15, 0.2) is 46.0 Å². The van der Waals surface area contributed by atoms with Crippen molar-refractivity contribution >= 4 is 44.1 Å². The van der Waals surface area contributed by atoms with Crippen molar-refractivity contribution in [1.82, 2.24) is 39.9 Å². The first kappa shape index (κ1) is 60.4. The number of rotatable bonds is 32. The SMILES string of the molecule is CCCCOc1cc2c(cc1OCCCC)-c1nc-2nc2[n-]c(nc3nc(nc4[n-]c(n1)c1cc(OCCCC)c(OCCCC)cc41)-c1cc(OCCCC)c(OCCCC)cc1-3)c1cc(OCCCC)c(OCCCC)cc21.[Zn+2]. The first-order valence-electron chi connectivity index (χ1n) is 29.8. The van der Waals surface area contributed by atoms with Crippen molar-refractivity contribution in [2.75, 3.05) is 52.9 Å². The van der Waals surface area contributed by atoms with Gasteiger partial charge < -0.3 is 67.8 Å². The Morgan fingerprint density at radius 1 is 0.259 bits per heavy atom. The van der Waals surface area contributed by atoms with Crippen LogP contribution in [0, 0.1) is 0 Å². The summed E-state index contributed by atoms with van der Waals surface area (Å²) in [5.41, 5.74) is 4.34. The fourth-order valence-electron chi connectivity index (χ4n) is 9.20. The molecule has 17 heteroatoms. The van der Waals surface area contributed by atoms with Gasteiger partial charge in [-0.05, 0) is 121 Å². The van der Waals surface area contributed by atoms with Gasteiger partial charge in [0, 0.05) is 44.8 Å². The predicted octanol–water partition coefficient (Wildman–Crippen LogP) is 15.6. The normalized spacial score (nSPS) is 11.6. The first-order chi connectivity index (χ1) is 39.3. The van der Waals surface area contributed by atoms with E-state index in [1.165, 1.54) is 0 Å². The molecule has 426 valence electrons. The van der Waals surface area contributed by atoms with Gasteiger partial charge in [-0.3, -0.25) is 0 Å². The van der Waals surface area contributed by atoms with Crippen LogP contribution in [0.2, 0.25) is 0 Å². The van der Waals surface area contributed by atoms with Gasteiger partial charge in [0.05, 0.1) is 76.2 Å². The Kier molecular flexibility index (Phi) is 22.2. The largest absolute Gasteiger partial charge is 2.00 e. The Bertz CT molecular complexity index is 2970. The molecule has 0 unspecified atom stereocenters. The minimum absolute atomic E-state index is 0. The summed E-state index contributed by atoms with van der Waals surface area (Å²) in [5.74, 6) is 6.34. The molecule has 0 saturated heterocycles. The Hall–Kier alpha value is -6.74. The third-order valence-electron chi connectivity index (χ3n) is 14.0. The van der Waals surface area contributed by atoms with Crippen LogP contribution in [0.25, 0.3) is 89.7 Å². The van der Waals surface area contributed by atoms with Gasteiger partial charge >= 0.3 is 19.5 Å². The Labute approximate surface area is 490 Å². The van der Waals surface area contributed by atoms with Crippen LogP contribution in [0.5, 0.6) is 46.0 Å². The maximum absolute atomic E-state index is 6.51. The number of fused-ring (bicyclic) bond motifs is 20. The second-order valence-corrected chi connectivity index (χ2v) is 20.5. The molecule has 5 heterocycles. The molecule has 81 heavy (non-hydrogen) atoms. The van der Waals surface area contributed by atoms with Gasteiger partial charge in [0.1, 0.15) is 0 Å². The molecule has 0 spiro atoms. The van der Waals surface area contributed by atoms with E-state index in [1.807, 2.05) is 48.5 Å². The molecule has 0 N–H and O–H groups in total. The molecule has 3 aromatic heterocycles. The van der Waals surface area contributed by atoms with Crippen LogP contribution >= 0.6 is 0 Å². The summed E-state index contributed by atoms with van der Waals surface area (Å²) >= 11 is 0. The number of aromatic nitrogens is 8. The van der Waals surface area contributed by atoms with E-state index in [9.17, 15) is 0 Å². The smallest absolute Gasteiger partial charge is 0.490 e. The molecule has 4 aromatic carbocycles. The average molecular weight is 1150 g/mol. The van der Waals surface area contributed by atoms with Gasteiger partial charge in [0.2, 0.25) is 0 Å². The Balaban J connectivity index is 0.00000860. The van der Waals surface area contributed by atoms with E-state index < -0.39 is 0 Å². The van der Waals surface area contributed by atoms with Crippen molar-refractivity contribution < 1.29 is 57.4 Å². The van der Waals surface area contributed by atoms with Gasteiger partial charge in [-0.25, -0.2) is 9.97 Å². The second-order valence-electron chi connectivity index (χ2n) is 20.5. The molecule has 8 bridgehead atoms. The molecule has 9 rings (SSSR count). The van der Waals surface area contributed by atoms with Gasteiger partial charge in [-0.15, -0.1) is 0 Å². The fourth-order valence-corrected chi connectivity index (χ4v) is 9.20. The van der Waals surface area contributed by atoms with Crippen molar-refractivity contribution in [3.05, 3.63) is 48.5 Å². The van der Waals surface area contributed by atoms with Crippen LogP contribution in [-0.4, -0.2) is 82.8 Å². The Morgan fingerprint density at radius 3 is 0.605 bits per heavy atom. The van der Waals surface area contributed by atoms with Crippen LogP contribution in [0.3, 0.4) is 0 Å². The summed E-state index contributed by atoms with van der Waals surface area (Å²) in [6.45, 7) is 21.3. The Morgan fingerprint density at radius 2 is 0.432 bits per heavy atom. The number of benzene rings is 4. The molecule has 0 fully saturated rings. The van der Waals surface area contributed by atoms with Crippen molar-refractivity contribution in [2.45, 2.75) is 158 Å². The number of nitrogens with zero attached hydrogens (tertiary/aromatic N) is 8. The van der Waals surface area contributed by atoms with Crippen LogP contribution in [0.15, 0.2) is 48.5 Å².